The SMILES string of the molecule is CCN(/N=C/c1ccccc1Cl)c1cc(=O)n(C)c(=O)[nH]1. The van der Waals surface area contributed by atoms with Crippen LogP contribution in [0.1, 0.15) is 12.5 Å². The number of halogens is 1. The summed E-state index contributed by atoms with van der Waals surface area (Å²) in [7, 11) is 1.41. The van der Waals surface area contributed by atoms with Crippen LogP contribution in [0.25, 0.3) is 0 Å². The van der Waals surface area contributed by atoms with E-state index >= 15 is 0 Å². The van der Waals surface area contributed by atoms with Crippen molar-refractivity contribution in [2.75, 3.05) is 11.6 Å². The van der Waals surface area contributed by atoms with Crippen molar-refractivity contribution in [3.63, 3.8) is 0 Å². The minimum absolute atomic E-state index is 0.342. The second kappa shape index (κ2) is 6.41. The molecule has 0 radical (unpaired) electrons. The molecule has 6 nitrogen and oxygen atoms in total. The fourth-order valence-corrected chi connectivity index (χ4v) is 1.89. The van der Waals surface area contributed by atoms with Crippen LogP contribution in [0.4, 0.5) is 5.82 Å². The average Bonchev–Trinajstić information content (AvgIpc) is 2.47. The van der Waals surface area contributed by atoms with Crippen LogP contribution in [0.5, 0.6) is 0 Å². The van der Waals surface area contributed by atoms with Crippen LogP contribution in [0, 0.1) is 0 Å². The number of benzene rings is 1. The quantitative estimate of drug-likeness (QED) is 0.689. The Morgan fingerprint density at radius 2 is 2.10 bits per heavy atom. The van der Waals surface area contributed by atoms with Gasteiger partial charge in [-0.15, -0.1) is 0 Å². The van der Waals surface area contributed by atoms with Gasteiger partial charge >= 0.3 is 5.69 Å². The number of nitrogens with one attached hydrogen (secondary N) is 1. The Balaban J connectivity index is 2.35. The second-order valence-corrected chi connectivity index (χ2v) is 4.75. The zero-order valence-electron chi connectivity index (χ0n) is 11.7. The summed E-state index contributed by atoms with van der Waals surface area (Å²) in [5.74, 6) is 0.342. The molecule has 0 aliphatic heterocycles. The Hall–Kier alpha value is -2.34. The first-order chi connectivity index (χ1) is 10.0. The van der Waals surface area contributed by atoms with Gasteiger partial charge in [-0.05, 0) is 13.0 Å². The van der Waals surface area contributed by atoms with E-state index in [1.165, 1.54) is 18.1 Å². The van der Waals surface area contributed by atoms with E-state index in [1.54, 1.807) is 12.3 Å². The van der Waals surface area contributed by atoms with Crippen molar-refractivity contribution in [2.24, 2.45) is 12.1 Å². The number of rotatable bonds is 4. The lowest BCUT2D eigenvalue weighted by Gasteiger charge is -2.16. The lowest BCUT2D eigenvalue weighted by atomic mass is 10.2. The summed E-state index contributed by atoms with van der Waals surface area (Å²) < 4.78 is 0.995. The molecule has 2 rings (SSSR count). The molecule has 0 spiro atoms. The first-order valence-electron chi connectivity index (χ1n) is 6.39. The highest BCUT2D eigenvalue weighted by atomic mass is 35.5. The number of H-pyrrole nitrogens is 1. The van der Waals surface area contributed by atoms with E-state index in [0.717, 1.165) is 10.1 Å². The summed E-state index contributed by atoms with van der Waals surface area (Å²) in [6.45, 7) is 2.35. The number of hydrogen-bond donors (Lipinski definition) is 1. The molecule has 0 amide bonds. The van der Waals surface area contributed by atoms with Gasteiger partial charge in [0.1, 0.15) is 5.82 Å². The average molecular weight is 307 g/mol. The van der Waals surface area contributed by atoms with Gasteiger partial charge in [-0.25, -0.2) is 9.80 Å². The number of anilines is 1. The minimum Gasteiger partial charge on any atom is -0.292 e. The topological polar surface area (TPSA) is 70.5 Å². The smallest absolute Gasteiger partial charge is 0.292 e. The van der Waals surface area contributed by atoms with E-state index in [2.05, 4.69) is 10.1 Å². The number of hydrazone groups is 1. The van der Waals surface area contributed by atoms with Gasteiger partial charge in [-0.3, -0.25) is 14.3 Å². The molecule has 110 valence electrons. The maximum absolute atomic E-state index is 11.7. The number of nitrogens with zero attached hydrogens (tertiary/aromatic N) is 3. The molecule has 1 aromatic carbocycles. The number of aromatic nitrogens is 2. The molecule has 0 aliphatic rings. The van der Waals surface area contributed by atoms with Gasteiger partial charge in [0.05, 0.1) is 6.21 Å². The molecular formula is C14H15ClN4O2. The molecule has 0 saturated carbocycles. The van der Waals surface area contributed by atoms with Crippen LogP contribution in [-0.4, -0.2) is 22.3 Å². The van der Waals surface area contributed by atoms with E-state index in [1.807, 2.05) is 25.1 Å². The summed E-state index contributed by atoms with van der Waals surface area (Å²) in [5, 5.41) is 6.36. The second-order valence-electron chi connectivity index (χ2n) is 4.34. The molecule has 21 heavy (non-hydrogen) atoms. The van der Waals surface area contributed by atoms with Crippen molar-refractivity contribution in [3.8, 4) is 0 Å². The summed E-state index contributed by atoms with van der Waals surface area (Å²) in [6, 6.07) is 8.60. The van der Waals surface area contributed by atoms with Gasteiger partial charge in [-0.1, -0.05) is 29.8 Å². The Morgan fingerprint density at radius 1 is 1.38 bits per heavy atom. The maximum Gasteiger partial charge on any atom is 0.329 e. The lowest BCUT2D eigenvalue weighted by Crippen LogP contribution is -2.34. The van der Waals surface area contributed by atoms with Gasteiger partial charge in [0, 0.05) is 30.2 Å². The van der Waals surface area contributed by atoms with Crippen molar-refractivity contribution in [2.45, 2.75) is 6.92 Å². The largest absolute Gasteiger partial charge is 0.329 e. The molecule has 1 heterocycles. The van der Waals surface area contributed by atoms with Gasteiger partial charge < -0.3 is 0 Å². The van der Waals surface area contributed by atoms with Crippen molar-refractivity contribution in [1.29, 1.82) is 0 Å². The highest BCUT2D eigenvalue weighted by Gasteiger charge is 2.07. The fraction of sp³-hybridized carbons (Fsp3) is 0.214. The predicted molar refractivity (Wildman–Crippen MR) is 84.4 cm³/mol. The summed E-state index contributed by atoms with van der Waals surface area (Å²) in [4.78, 5) is 25.9. The van der Waals surface area contributed by atoms with Crippen molar-refractivity contribution in [1.82, 2.24) is 9.55 Å². The molecule has 0 unspecified atom stereocenters. The van der Waals surface area contributed by atoms with E-state index in [9.17, 15) is 9.59 Å². The van der Waals surface area contributed by atoms with Crippen LogP contribution in [-0.2, 0) is 7.05 Å². The highest BCUT2D eigenvalue weighted by molar-refractivity contribution is 6.33. The molecule has 0 saturated heterocycles. The molecule has 1 N–H and O–H groups in total. The van der Waals surface area contributed by atoms with Crippen LogP contribution < -0.4 is 16.3 Å². The van der Waals surface area contributed by atoms with E-state index in [4.69, 9.17) is 11.6 Å². The zero-order valence-corrected chi connectivity index (χ0v) is 12.5. The molecular weight excluding hydrogens is 292 g/mol. The van der Waals surface area contributed by atoms with Crippen molar-refractivity contribution >= 4 is 23.6 Å². The third-order valence-electron chi connectivity index (χ3n) is 2.95. The van der Waals surface area contributed by atoms with Gasteiger partial charge in [0.15, 0.2) is 0 Å². The third kappa shape index (κ3) is 3.41. The monoisotopic (exact) mass is 306 g/mol. The number of hydrogen-bond acceptors (Lipinski definition) is 4. The Kier molecular flexibility index (Phi) is 4.59. The van der Waals surface area contributed by atoms with E-state index in [-0.39, 0.29) is 5.56 Å². The van der Waals surface area contributed by atoms with Crippen LogP contribution >= 0.6 is 11.6 Å². The highest BCUT2D eigenvalue weighted by Crippen LogP contribution is 2.13. The Bertz CT molecular complexity index is 748. The van der Waals surface area contributed by atoms with Crippen LogP contribution in [0.15, 0.2) is 45.0 Å². The minimum atomic E-state index is -0.483. The molecule has 0 atom stereocenters. The van der Waals surface area contributed by atoms with Crippen LogP contribution in [0.2, 0.25) is 5.02 Å². The van der Waals surface area contributed by atoms with Gasteiger partial charge in [0.2, 0.25) is 0 Å². The molecule has 0 aliphatic carbocycles. The maximum atomic E-state index is 11.7. The molecule has 1 aromatic heterocycles. The van der Waals surface area contributed by atoms with Gasteiger partial charge in [0.25, 0.3) is 5.56 Å². The van der Waals surface area contributed by atoms with E-state index < -0.39 is 5.69 Å². The summed E-state index contributed by atoms with van der Waals surface area (Å²) in [6.07, 6.45) is 1.58. The standard InChI is InChI=1S/C14H15ClN4O2/c1-3-19(12-8-13(20)18(2)14(21)17-12)16-9-10-6-4-5-7-11(10)15/h4-9H,3H2,1-2H3,(H,17,21)/b16-9+. The summed E-state index contributed by atoms with van der Waals surface area (Å²) in [5.41, 5.74) is -0.118. The normalized spacial score (nSPS) is 11.0. The van der Waals surface area contributed by atoms with Crippen LogP contribution in [0.3, 0.4) is 0 Å². The van der Waals surface area contributed by atoms with E-state index in [0.29, 0.717) is 17.4 Å². The molecule has 2 aromatic rings. The fourth-order valence-electron chi connectivity index (χ4n) is 1.71. The third-order valence-corrected chi connectivity index (χ3v) is 3.29. The molecule has 7 heteroatoms. The first-order valence-corrected chi connectivity index (χ1v) is 6.77. The Labute approximate surface area is 126 Å². The summed E-state index contributed by atoms with van der Waals surface area (Å²) >= 11 is 6.05. The predicted octanol–water partition coefficient (Wildman–Crippen LogP) is 1.59. The lowest BCUT2D eigenvalue weighted by molar-refractivity contribution is 0.756. The zero-order chi connectivity index (χ0) is 15.4. The number of aromatic amines is 1. The Morgan fingerprint density at radius 3 is 2.71 bits per heavy atom. The molecule has 0 fully saturated rings. The van der Waals surface area contributed by atoms with Crippen molar-refractivity contribution < 1.29 is 0 Å². The van der Waals surface area contributed by atoms with Crippen molar-refractivity contribution in [3.05, 3.63) is 61.8 Å². The van der Waals surface area contributed by atoms with Gasteiger partial charge in [-0.2, -0.15) is 5.10 Å². The molecule has 0 bridgehead atoms. The first kappa shape index (κ1) is 15.1.